The second kappa shape index (κ2) is 5.37. The lowest BCUT2D eigenvalue weighted by molar-refractivity contribution is 0.702. The largest absolute Gasteiger partial charge is 0.323 e. The summed E-state index contributed by atoms with van der Waals surface area (Å²) in [6.07, 6.45) is 0. The Bertz CT molecular complexity index is 822. The molecule has 1 aromatic carbocycles. The highest BCUT2D eigenvalue weighted by molar-refractivity contribution is 9.10. The van der Waals surface area contributed by atoms with Crippen molar-refractivity contribution in [2.75, 3.05) is 7.05 Å². The van der Waals surface area contributed by atoms with Crippen molar-refractivity contribution in [1.29, 1.82) is 0 Å². The van der Waals surface area contributed by atoms with Crippen LogP contribution in [0.15, 0.2) is 33.5 Å². The lowest BCUT2D eigenvalue weighted by Gasteiger charge is -2.16. The number of aromatic nitrogens is 2. The number of imidazole rings is 1. The number of H-pyrrole nitrogens is 2. The maximum atomic E-state index is 11.4. The van der Waals surface area contributed by atoms with E-state index in [1.807, 2.05) is 31.3 Å². The quantitative estimate of drug-likeness (QED) is 0.657. The number of fused-ring (bicyclic) bond motifs is 1. The zero-order valence-electron chi connectivity index (χ0n) is 10.5. The molecule has 2 aromatic heterocycles. The van der Waals surface area contributed by atoms with Crippen LogP contribution in [0.4, 0.5) is 0 Å². The summed E-state index contributed by atoms with van der Waals surface area (Å²) >= 11 is 11.1. The maximum Gasteiger partial charge on any atom is 0.323 e. The minimum Gasteiger partial charge on any atom is -0.309 e. The third kappa shape index (κ3) is 2.44. The van der Waals surface area contributed by atoms with E-state index in [1.54, 1.807) is 0 Å². The Morgan fingerprint density at radius 1 is 1.30 bits per heavy atom. The zero-order chi connectivity index (χ0) is 14.3. The van der Waals surface area contributed by atoms with E-state index in [9.17, 15) is 4.79 Å². The number of aromatic amines is 2. The average molecular weight is 373 g/mol. The first-order valence-electron chi connectivity index (χ1n) is 5.92. The molecule has 0 aliphatic carbocycles. The number of halogens is 2. The molecule has 0 amide bonds. The van der Waals surface area contributed by atoms with E-state index in [-0.39, 0.29) is 11.7 Å². The number of nitrogens with one attached hydrogen (secondary N) is 3. The van der Waals surface area contributed by atoms with Crippen LogP contribution in [-0.4, -0.2) is 17.0 Å². The Morgan fingerprint density at radius 2 is 2.00 bits per heavy atom. The molecule has 3 aromatic rings. The third-order valence-electron chi connectivity index (χ3n) is 3.11. The van der Waals surface area contributed by atoms with Crippen molar-refractivity contribution < 1.29 is 0 Å². The van der Waals surface area contributed by atoms with E-state index < -0.39 is 0 Å². The van der Waals surface area contributed by atoms with E-state index >= 15 is 0 Å². The van der Waals surface area contributed by atoms with Crippen molar-refractivity contribution >= 4 is 49.9 Å². The van der Waals surface area contributed by atoms with Gasteiger partial charge >= 0.3 is 5.69 Å². The van der Waals surface area contributed by atoms with Crippen LogP contribution in [-0.2, 0) is 0 Å². The molecule has 20 heavy (non-hydrogen) atoms. The number of benzene rings is 1. The normalized spacial score (nSPS) is 12.9. The standard InChI is InChI=1S/C13H11BrClN3OS/c1-16-12(10-2-3-11(15)20-10)6-4-8-9(5-7(6)14)18-13(19)17-8/h2-5,12,16H,1H3,(H2,17,18,19). The van der Waals surface area contributed by atoms with Crippen molar-refractivity contribution in [1.82, 2.24) is 15.3 Å². The SMILES string of the molecule is CNC(c1ccc(Cl)s1)c1cc2[nH]c(=O)[nH]c2cc1Br. The summed E-state index contributed by atoms with van der Waals surface area (Å²) in [5, 5.41) is 3.28. The van der Waals surface area contributed by atoms with Crippen LogP contribution in [0, 0.1) is 0 Å². The first kappa shape index (κ1) is 13.9. The molecular weight excluding hydrogens is 362 g/mol. The van der Waals surface area contributed by atoms with E-state index in [0.29, 0.717) is 0 Å². The summed E-state index contributed by atoms with van der Waals surface area (Å²) in [4.78, 5) is 18.0. The molecule has 1 unspecified atom stereocenters. The fraction of sp³-hybridized carbons (Fsp3) is 0.154. The van der Waals surface area contributed by atoms with Gasteiger partial charge in [-0.1, -0.05) is 27.5 Å². The van der Waals surface area contributed by atoms with Crippen LogP contribution in [0.5, 0.6) is 0 Å². The van der Waals surface area contributed by atoms with Gasteiger partial charge in [0.2, 0.25) is 0 Å². The molecule has 0 aliphatic heterocycles. The van der Waals surface area contributed by atoms with Gasteiger partial charge in [-0.3, -0.25) is 0 Å². The van der Waals surface area contributed by atoms with Crippen molar-refractivity contribution in [3.63, 3.8) is 0 Å². The first-order chi connectivity index (χ1) is 9.58. The summed E-state index contributed by atoms with van der Waals surface area (Å²) in [6.45, 7) is 0. The van der Waals surface area contributed by atoms with Crippen LogP contribution < -0.4 is 11.0 Å². The van der Waals surface area contributed by atoms with Crippen molar-refractivity contribution in [2.24, 2.45) is 0 Å². The summed E-state index contributed by atoms with van der Waals surface area (Å²) < 4.78 is 1.69. The van der Waals surface area contributed by atoms with Crippen LogP contribution in [0.2, 0.25) is 4.34 Å². The molecule has 1 atom stereocenters. The lowest BCUT2D eigenvalue weighted by Crippen LogP contribution is -2.17. The Morgan fingerprint density at radius 3 is 2.60 bits per heavy atom. The molecule has 0 saturated carbocycles. The van der Waals surface area contributed by atoms with Gasteiger partial charge in [0.05, 0.1) is 21.4 Å². The molecule has 7 heteroatoms. The van der Waals surface area contributed by atoms with Gasteiger partial charge in [-0.05, 0) is 36.9 Å². The first-order valence-corrected chi connectivity index (χ1v) is 7.91. The molecule has 3 rings (SSSR count). The highest BCUT2D eigenvalue weighted by atomic mass is 79.9. The molecule has 0 radical (unpaired) electrons. The van der Waals surface area contributed by atoms with Crippen LogP contribution in [0.1, 0.15) is 16.5 Å². The van der Waals surface area contributed by atoms with Crippen LogP contribution >= 0.6 is 38.9 Å². The summed E-state index contributed by atoms with van der Waals surface area (Å²) in [7, 11) is 1.90. The van der Waals surface area contributed by atoms with Gasteiger partial charge in [-0.15, -0.1) is 11.3 Å². The minimum absolute atomic E-state index is 0.0182. The lowest BCUT2D eigenvalue weighted by atomic mass is 10.0. The Hall–Kier alpha value is -1.08. The molecule has 3 N–H and O–H groups in total. The molecule has 0 spiro atoms. The van der Waals surface area contributed by atoms with Gasteiger partial charge in [0.25, 0.3) is 0 Å². The van der Waals surface area contributed by atoms with E-state index in [0.717, 1.165) is 30.3 Å². The van der Waals surface area contributed by atoms with Crippen LogP contribution in [0.3, 0.4) is 0 Å². The minimum atomic E-state index is -0.204. The van der Waals surface area contributed by atoms with Gasteiger partial charge in [0, 0.05) is 9.35 Å². The highest BCUT2D eigenvalue weighted by Crippen LogP contribution is 2.35. The summed E-state index contributed by atoms with van der Waals surface area (Å²) in [5.74, 6) is 0. The van der Waals surface area contributed by atoms with Crippen molar-refractivity contribution in [3.05, 3.63) is 54.0 Å². The van der Waals surface area contributed by atoms with Gasteiger partial charge in [-0.2, -0.15) is 0 Å². The molecule has 0 bridgehead atoms. The number of hydrogen-bond donors (Lipinski definition) is 3. The van der Waals surface area contributed by atoms with E-state index in [2.05, 4.69) is 31.2 Å². The maximum absolute atomic E-state index is 11.4. The Kier molecular flexibility index (Phi) is 3.72. The van der Waals surface area contributed by atoms with Gasteiger partial charge < -0.3 is 15.3 Å². The van der Waals surface area contributed by atoms with Crippen LogP contribution in [0.25, 0.3) is 11.0 Å². The fourth-order valence-corrected chi connectivity index (χ4v) is 3.99. The second-order valence-electron chi connectivity index (χ2n) is 4.36. The van der Waals surface area contributed by atoms with Gasteiger partial charge in [0.15, 0.2) is 0 Å². The molecule has 0 aliphatic rings. The van der Waals surface area contributed by atoms with E-state index in [4.69, 9.17) is 11.6 Å². The topological polar surface area (TPSA) is 60.7 Å². The third-order valence-corrected chi connectivity index (χ3v) is 5.09. The fourth-order valence-electron chi connectivity index (χ4n) is 2.23. The summed E-state index contributed by atoms with van der Waals surface area (Å²) in [5.41, 5.74) is 2.42. The van der Waals surface area contributed by atoms with Gasteiger partial charge in [0.1, 0.15) is 0 Å². The summed E-state index contributed by atoms with van der Waals surface area (Å²) in [6, 6.07) is 7.78. The predicted molar refractivity (Wildman–Crippen MR) is 86.9 cm³/mol. The van der Waals surface area contributed by atoms with Crippen molar-refractivity contribution in [3.8, 4) is 0 Å². The Balaban J connectivity index is 2.15. The predicted octanol–water partition coefficient (Wildman–Crippen LogP) is 3.64. The smallest absolute Gasteiger partial charge is 0.309 e. The molecule has 2 heterocycles. The number of hydrogen-bond acceptors (Lipinski definition) is 3. The molecule has 104 valence electrons. The van der Waals surface area contributed by atoms with E-state index in [1.165, 1.54) is 11.3 Å². The monoisotopic (exact) mass is 371 g/mol. The number of thiophene rings is 1. The molecule has 0 fully saturated rings. The number of rotatable bonds is 3. The zero-order valence-corrected chi connectivity index (χ0v) is 13.6. The highest BCUT2D eigenvalue weighted by Gasteiger charge is 2.18. The second-order valence-corrected chi connectivity index (χ2v) is 6.96. The van der Waals surface area contributed by atoms with Gasteiger partial charge in [-0.25, -0.2) is 4.79 Å². The molecular formula is C13H11BrClN3OS. The van der Waals surface area contributed by atoms with Crippen molar-refractivity contribution in [2.45, 2.75) is 6.04 Å². The Labute approximate surface area is 132 Å². The average Bonchev–Trinajstić information content (AvgIpc) is 2.96. The molecule has 0 saturated heterocycles. The molecule has 4 nitrogen and oxygen atoms in total.